The van der Waals surface area contributed by atoms with Crippen molar-refractivity contribution >= 4 is 17.6 Å². The molecule has 20 heavy (non-hydrogen) atoms. The van der Waals surface area contributed by atoms with Gasteiger partial charge in [-0.2, -0.15) is 0 Å². The molecule has 4 heteroatoms. The number of hydrogen-bond donors (Lipinski definition) is 1. The van der Waals surface area contributed by atoms with Crippen molar-refractivity contribution in [1.82, 2.24) is 0 Å². The van der Waals surface area contributed by atoms with Gasteiger partial charge in [-0.15, -0.1) is 0 Å². The van der Waals surface area contributed by atoms with Crippen molar-refractivity contribution < 1.29 is 9.13 Å². The molecule has 0 aromatic heterocycles. The topological polar surface area (TPSA) is 21.3 Å². The summed E-state index contributed by atoms with van der Waals surface area (Å²) in [6.07, 6.45) is 0. The molecule has 0 amide bonds. The molecule has 0 saturated carbocycles. The number of rotatable bonds is 4. The summed E-state index contributed by atoms with van der Waals surface area (Å²) in [6.45, 7) is 5.85. The summed E-state index contributed by atoms with van der Waals surface area (Å²) in [4.78, 5) is 1.06. The first-order valence-corrected chi connectivity index (χ1v) is 7.34. The van der Waals surface area contributed by atoms with Crippen molar-refractivity contribution in [2.24, 2.45) is 0 Å². The monoisotopic (exact) mass is 293 g/mol. The number of benzene rings is 2. The van der Waals surface area contributed by atoms with Gasteiger partial charge >= 0.3 is 0 Å². The van der Waals surface area contributed by atoms with Crippen LogP contribution < -0.4 is 9.46 Å². The Balaban J connectivity index is 0.000000956. The fourth-order valence-electron chi connectivity index (χ4n) is 1.61. The van der Waals surface area contributed by atoms with E-state index in [0.717, 1.165) is 10.5 Å². The smallest absolute Gasteiger partial charge is 0.178 e. The van der Waals surface area contributed by atoms with Gasteiger partial charge in [0.2, 0.25) is 0 Å². The van der Waals surface area contributed by atoms with Gasteiger partial charge in [0.15, 0.2) is 11.6 Å². The van der Waals surface area contributed by atoms with Crippen LogP contribution in [0.15, 0.2) is 47.4 Å². The Morgan fingerprint density at radius 1 is 1.10 bits per heavy atom. The lowest BCUT2D eigenvalue weighted by Crippen LogP contribution is -1.96. The second-order valence-electron chi connectivity index (χ2n) is 3.84. The van der Waals surface area contributed by atoms with Gasteiger partial charge in [0.25, 0.3) is 0 Å². The molecule has 0 bridgehead atoms. The van der Waals surface area contributed by atoms with E-state index in [1.165, 1.54) is 25.1 Å². The van der Waals surface area contributed by atoms with Gasteiger partial charge in [0.1, 0.15) is 0 Å². The van der Waals surface area contributed by atoms with Crippen LogP contribution in [0.2, 0.25) is 0 Å². The second kappa shape index (κ2) is 8.48. The quantitative estimate of drug-likeness (QED) is 0.774. The molecule has 0 aliphatic carbocycles. The second-order valence-corrected chi connectivity index (χ2v) is 4.72. The Bertz CT molecular complexity index is 532. The van der Waals surface area contributed by atoms with E-state index in [4.69, 9.17) is 4.74 Å². The summed E-state index contributed by atoms with van der Waals surface area (Å²) in [5.41, 5.74) is 1.49. The van der Waals surface area contributed by atoms with Crippen molar-refractivity contribution in [3.8, 4) is 5.75 Å². The number of halogens is 1. The molecule has 2 aromatic carbocycles. The Labute approximate surface area is 124 Å². The van der Waals surface area contributed by atoms with Gasteiger partial charge in [-0.25, -0.2) is 4.39 Å². The number of aryl methyl sites for hydroxylation is 1. The number of methoxy groups -OCH3 is 1. The van der Waals surface area contributed by atoms with Crippen molar-refractivity contribution in [2.45, 2.75) is 25.7 Å². The largest absolute Gasteiger partial charge is 0.492 e. The molecule has 108 valence electrons. The van der Waals surface area contributed by atoms with E-state index in [1.54, 1.807) is 0 Å². The van der Waals surface area contributed by atoms with Crippen LogP contribution in [0.1, 0.15) is 19.4 Å². The molecule has 0 fully saturated rings. The zero-order valence-corrected chi connectivity index (χ0v) is 13.1. The summed E-state index contributed by atoms with van der Waals surface area (Å²) >= 11 is 1.42. The summed E-state index contributed by atoms with van der Waals surface area (Å²) < 4.78 is 21.8. The maximum Gasteiger partial charge on any atom is 0.178 e. The normalized spacial score (nSPS) is 9.45. The van der Waals surface area contributed by atoms with E-state index in [2.05, 4.69) is 4.72 Å². The van der Waals surface area contributed by atoms with Crippen LogP contribution in [-0.4, -0.2) is 7.11 Å². The van der Waals surface area contributed by atoms with Crippen LogP contribution in [0.4, 0.5) is 10.1 Å². The fourth-order valence-corrected chi connectivity index (χ4v) is 2.29. The van der Waals surface area contributed by atoms with Crippen LogP contribution in [0.25, 0.3) is 0 Å². The summed E-state index contributed by atoms with van der Waals surface area (Å²) in [7, 11) is 1.46. The highest BCUT2D eigenvalue weighted by Crippen LogP contribution is 2.32. The fraction of sp³-hybridized carbons (Fsp3) is 0.250. The first-order chi connectivity index (χ1) is 9.70. The molecular formula is C16H20FNOS. The minimum absolute atomic E-state index is 0.240. The highest BCUT2D eigenvalue weighted by atomic mass is 32.2. The lowest BCUT2D eigenvalue weighted by molar-refractivity contribution is 0.388. The van der Waals surface area contributed by atoms with Crippen LogP contribution >= 0.6 is 11.9 Å². The third-order valence-electron chi connectivity index (χ3n) is 2.41. The van der Waals surface area contributed by atoms with E-state index in [0.29, 0.717) is 5.69 Å². The van der Waals surface area contributed by atoms with Crippen LogP contribution in [-0.2, 0) is 0 Å². The summed E-state index contributed by atoms with van der Waals surface area (Å²) in [5, 5.41) is 0. The molecule has 0 unspecified atom stereocenters. The molecule has 2 aromatic rings. The minimum atomic E-state index is -0.353. The molecule has 2 nitrogen and oxygen atoms in total. The lowest BCUT2D eigenvalue weighted by Gasteiger charge is -2.12. The third kappa shape index (κ3) is 4.46. The van der Waals surface area contributed by atoms with E-state index >= 15 is 0 Å². The van der Waals surface area contributed by atoms with Gasteiger partial charge in [0.05, 0.1) is 12.8 Å². The number of ether oxygens (including phenoxy) is 1. The average molecular weight is 293 g/mol. The average Bonchev–Trinajstić information content (AvgIpc) is 2.48. The predicted octanol–water partition coefficient (Wildman–Crippen LogP) is 5.29. The number of hydrogen-bond acceptors (Lipinski definition) is 3. The third-order valence-corrected chi connectivity index (χ3v) is 3.24. The highest BCUT2D eigenvalue weighted by molar-refractivity contribution is 8.00. The van der Waals surface area contributed by atoms with Gasteiger partial charge in [-0.3, -0.25) is 0 Å². The minimum Gasteiger partial charge on any atom is -0.492 e. The van der Waals surface area contributed by atoms with E-state index in [-0.39, 0.29) is 11.6 Å². The Morgan fingerprint density at radius 2 is 1.75 bits per heavy atom. The van der Waals surface area contributed by atoms with Crippen molar-refractivity contribution in [1.29, 1.82) is 0 Å². The molecule has 0 aliphatic heterocycles. The standard InChI is InChI=1S/C14H14FNOS.C2H6/c1-10-8-12(15)14(17-2)13(9-10)16-18-11-6-4-3-5-7-11;1-2/h3-9,16H,1-2H3;1-2H3. The Morgan fingerprint density at radius 3 is 2.35 bits per heavy atom. The van der Waals surface area contributed by atoms with Crippen LogP contribution in [0, 0.1) is 12.7 Å². The molecule has 0 saturated heterocycles. The molecule has 1 N–H and O–H groups in total. The maximum atomic E-state index is 13.7. The maximum absolute atomic E-state index is 13.7. The van der Waals surface area contributed by atoms with Crippen LogP contribution in [0.5, 0.6) is 5.75 Å². The Hall–Kier alpha value is -1.68. The van der Waals surface area contributed by atoms with E-state index in [1.807, 2.05) is 57.2 Å². The highest BCUT2D eigenvalue weighted by Gasteiger charge is 2.10. The first kappa shape index (κ1) is 16.4. The molecular weight excluding hydrogens is 273 g/mol. The van der Waals surface area contributed by atoms with Gasteiger partial charge < -0.3 is 9.46 Å². The lowest BCUT2D eigenvalue weighted by atomic mass is 10.2. The molecule has 2 rings (SSSR count). The summed E-state index contributed by atoms with van der Waals surface area (Å²) in [5.74, 6) is -0.113. The van der Waals surface area contributed by atoms with Crippen LogP contribution in [0.3, 0.4) is 0 Å². The Kier molecular flexibility index (Phi) is 6.94. The first-order valence-electron chi connectivity index (χ1n) is 6.52. The van der Waals surface area contributed by atoms with Crippen molar-refractivity contribution in [2.75, 3.05) is 11.8 Å². The van der Waals surface area contributed by atoms with E-state index < -0.39 is 0 Å². The van der Waals surface area contributed by atoms with Crippen molar-refractivity contribution in [3.05, 3.63) is 53.8 Å². The number of nitrogens with one attached hydrogen (secondary N) is 1. The molecule has 0 radical (unpaired) electrons. The van der Waals surface area contributed by atoms with E-state index in [9.17, 15) is 4.39 Å². The molecule has 0 heterocycles. The number of anilines is 1. The zero-order valence-electron chi connectivity index (χ0n) is 12.2. The van der Waals surface area contributed by atoms with Gasteiger partial charge in [0, 0.05) is 4.90 Å². The SMILES string of the molecule is CC.COc1c(F)cc(C)cc1NSc1ccccc1. The van der Waals surface area contributed by atoms with Gasteiger partial charge in [-0.1, -0.05) is 32.0 Å². The molecule has 0 aliphatic rings. The predicted molar refractivity (Wildman–Crippen MR) is 85.0 cm³/mol. The van der Waals surface area contributed by atoms with Crippen molar-refractivity contribution in [3.63, 3.8) is 0 Å². The summed E-state index contributed by atoms with van der Waals surface area (Å²) in [6, 6.07) is 13.1. The molecule has 0 spiro atoms. The zero-order chi connectivity index (χ0) is 15.0. The molecule has 0 atom stereocenters. The van der Waals surface area contributed by atoms with Gasteiger partial charge in [-0.05, 0) is 48.7 Å².